The molecule has 0 bridgehead atoms. The van der Waals surface area contributed by atoms with Crippen molar-refractivity contribution in [1.82, 2.24) is 25.4 Å². The number of fused-ring (bicyclic) bond motifs is 1. The number of aromatic nitrogens is 3. The monoisotopic (exact) mass is 349 g/mol. The van der Waals surface area contributed by atoms with E-state index >= 15 is 0 Å². The minimum absolute atomic E-state index is 0.0664. The quantitative estimate of drug-likeness (QED) is 0.827. The Morgan fingerprint density at radius 3 is 2.76 bits per heavy atom. The lowest BCUT2D eigenvalue weighted by molar-refractivity contribution is 0.177. The van der Waals surface area contributed by atoms with Crippen LogP contribution >= 0.6 is 0 Å². The maximum atomic E-state index is 12.4. The SMILES string of the molecule is CCCC1CCC(NC(=O)N[C@@H]2CCCn3nc(COC)nc32)CC1. The van der Waals surface area contributed by atoms with E-state index < -0.39 is 0 Å². The first-order valence-corrected chi connectivity index (χ1v) is 9.69. The molecule has 2 N–H and O–H groups in total. The van der Waals surface area contributed by atoms with Crippen LogP contribution in [0.1, 0.15) is 76.0 Å². The average molecular weight is 349 g/mol. The highest BCUT2D eigenvalue weighted by molar-refractivity contribution is 5.74. The summed E-state index contributed by atoms with van der Waals surface area (Å²) < 4.78 is 7.01. The molecule has 1 fully saturated rings. The van der Waals surface area contributed by atoms with Crippen molar-refractivity contribution in [3.63, 3.8) is 0 Å². The van der Waals surface area contributed by atoms with E-state index in [4.69, 9.17) is 4.74 Å². The van der Waals surface area contributed by atoms with Crippen LogP contribution in [0.4, 0.5) is 4.79 Å². The van der Waals surface area contributed by atoms with Crippen molar-refractivity contribution in [3.8, 4) is 0 Å². The molecule has 1 atom stereocenters. The van der Waals surface area contributed by atoms with E-state index in [0.29, 0.717) is 18.5 Å². The number of nitrogens with zero attached hydrogens (tertiary/aromatic N) is 3. The number of hydrogen-bond acceptors (Lipinski definition) is 4. The van der Waals surface area contributed by atoms with E-state index in [0.717, 1.165) is 44.0 Å². The predicted molar refractivity (Wildman–Crippen MR) is 95.0 cm³/mol. The minimum Gasteiger partial charge on any atom is -0.377 e. The fourth-order valence-corrected chi connectivity index (χ4v) is 4.12. The van der Waals surface area contributed by atoms with Crippen LogP contribution in [-0.4, -0.2) is 33.9 Å². The van der Waals surface area contributed by atoms with Gasteiger partial charge in [-0.1, -0.05) is 19.8 Å². The maximum Gasteiger partial charge on any atom is 0.315 e. The molecule has 2 heterocycles. The largest absolute Gasteiger partial charge is 0.377 e. The number of aryl methyl sites for hydroxylation is 1. The van der Waals surface area contributed by atoms with Gasteiger partial charge in [0, 0.05) is 19.7 Å². The molecule has 1 saturated carbocycles. The summed E-state index contributed by atoms with van der Waals surface area (Å²) in [6.45, 7) is 3.51. The summed E-state index contributed by atoms with van der Waals surface area (Å²) in [4.78, 5) is 17.0. The molecule has 0 spiro atoms. The van der Waals surface area contributed by atoms with Gasteiger partial charge in [0.15, 0.2) is 5.82 Å². The third-order valence-corrected chi connectivity index (χ3v) is 5.38. The van der Waals surface area contributed by atoms with E-state index in [-0.39, 0.29) is 12.1 Å². The lowest BCUT2D eigenvalue weighted by Gasteiger charge is -2.30. The van der Waals surface area contributed by atoms with E-state index in [9.17, 15) is 4.79 Å². The van der Waals surface area contributed by atoms with Crippen LogP contribution in [0.2, 0.25) is 0 Å². The van der Waals surface area contributed by atoms with E-state index in [1.807, 2.05) is 4.68 Å². The van der Waals surface area contributed by atoms with Gasteiger partial charge in [-0.25, -0.2) is 14.5 Å². The van der Waals surface area contributed by atoms with Gasteiger partial charge >= 0.3 is 6.03 Å². The van der Waals surface area contributed by atoms with Crippen molar-refractivity contribution >= 4 is 6.03 Å². The summed E-state index contributed by atoms with van der Waals surface area (Å²) in [7, 11) is 1.64. The highest BCUT2D eigenvalue weighted by atomic mass is 16.5. The standard InChI is InChI=1S/C18H31N5O2/c1-3-5-13-7-9-14(10-8-13)19-18(24)20-15-6-4-11-23-17(15)21-16(22-23)12-25-2/h13-15H,3-12H2,1-2H3,(H2,19,20,24)/t13?,14?,15-/m1/s1. The second kappa shape index (κ2) is 8.65. The molecule has 7 nitrogen and oxygen atoms in total. The zero-order valence-corrected chi connectivity index (χ0v) is 15.5. The number of amides is 2. The van der Waals surface area contributed by atoms with Crippen LogP contribution < -0.4 is 10.6 Å². The van der Waals surface area contributed by atoms with Gasteiger partial charge in [-0.2, -0.15) is 5.10 Å². The molecule has 0 unspecified atom stereocenters. The summed E-state index contributed by atoms with van der Waals surface area (Å²) >= 11 is 0. The van der Waals surface area contributed by atoms with Gasteiger partial charge < -0.3 is 15.4 Å². The Bertz CT molecular complexity index is 566. The van der Waals surface area contributed by atoms with E-state index in [1.54, 1.807) is 7.11 Å². The first-order valence-electron chi connectivity index (χ1n) is 9.69. The number of carbonyl (C=O) groups excluding carboxylic acids is 1. The Labute approximate surface area is 149 Å². The summed E-state index contributed by atoms with van der Waals surface area (Å²) in [6, 6.07) is 0.163. The van der Waals surface area contributed by atoms with Gasteiger partial charge in [0.2, 0.25) is 0 Å². The summed E-state index contributed by atoms with van der Waals surface area (Å²) in [5, 5.41) is 10.7. The number of rotatable bonds is 6. The lowest BCUT2D eigenvalue weighted by Crippen LogP contribution is -2.45. The zero-order valence-electron chi connectivity index (χ0n) is 15.5. The number of hydrogen-bond donors (Lipinski definition) is 2. The molecule has 1 aliphatic heterocycles. The van der Waals surface area contributed by atoms with Gasteiger partial charge in [0.05, 0.1) is 6.04 Å². The summed E-state index contributed by atoms with van der Waals surface area (Å²) in [6.07, 6.45) is 9.14. The molecule has 0 radical (unpaired) electrons. The Morgan fingerprint density at radius 1 is 1.24 bits per heavy atom. The molecule has 0 saturated heterocycles. The maximum absolute atomic E-state index is 12.4. The molecule has 25 heavy (non-hydrogen) atoms. The fourth-order valence-electron chi connectivity index (χ4n) is 4.12. The van der Waals surface area contributed by atoms with Crippen LogP contribution in [0, 0.1) is 5.92 Å². The van der Waals surface area contributed by atoms with Crippen LogP contribution in [0.5, 0.6) is 0 Å². The Hall–Kier alpha value is -1.63. The zero-order chi connectivity index (χ0) is 17.6. The molecule has 1 aromatic heterocycles. The molecule has 0 aromatic carbocycles. The van der Waals surface area contributed by atoms with Gasteiger partial charge in [-0.15, -0.1) is 0 Å². The van der Waals surface area contributed by atoms with Crippen LogP contribution in [0.25, 0.3) is 0 Å². The number of nitrogens with one attached hydrogen (secondary N) is 2. The molecular weight excluding hydrogens is 318 g/mol. The van der Waals surface area contributed by atoms with Crippen molar-refractivity contribution in [1.29, 1.82) is 0 Å². The first kappa shape index (κ1) is 18.2. The smallest absolute Gasteiger partial charge is 0.315 e. The Kier molecular flexibility index (Phi) is 6.29. The minimum atomic E-state index is -0.0753. The molecule has 3 rings (SSSR count). The van der Waals surface area contributed by atoms with Crippen molar-refractivity contribution in [2.24, 2.45) is 5.92 Å². The van der Waals surface area contributed by atoms with Gasteiger partial charge in [-0.05, 0) is 44.4 Å². The molecule has 1 aromatic rings. The first-order chi connectivity index (χ1) is 12.2. The van der Waals surface area contributed by atoms with Gasteiger partial charge in [0.1, 0.15) is 12.4 Å². The molecule has 7 heteroatoms. The summed E-state index contributed by atoms with van der Waals surface area (Å²) in [5.41, 5.74) is 0. The Morgan fingerprint density at radius 2 is 2.04 bits per heavy atom. The Balaban J connectivity index is 1.51. The van der Waals surface area contributed by atoms with Crippen LogP contribution in [-0.2, 0) is 17.9 Å². The second-order valence-corrected chi connectivity index (χ2v) is 7.36. The van der Waals surface area contributed by atoms with Crippen molar-refractivity contribution < 1.29 is 9.53 Å². The molecule has 1 aliphatic carbocycles. The normalized spacial score (nSPS) is 26.1. The van der Waals surface area contributed by atoms with Crippen molar-refractivity contribution in [2.45, 2.75) is 83.5 Å². The highest BCUT2D eigenvalue weighted by Crippen LogP contribution is 2.28. The fraction of sp³-hybridized carbons (Fsp3) is 0.833. The molecule has 2 amide bonds. The lowest BCUT2D eigenvalue weighted by atomic mass is 9.83. The topological polar surface area (TPSA) is 81.1 Å². The third-order valence-electron chi connectivity index (χ3n) is 5.38. The number of ether oxygens (including phenoxy) is 1. The van der Waals surface area contributed by atoms with Gasteiger partial charge in [0.25, 0.3) is 0 Å². The van der Waals surface area contributed by atoms with Gasteiger partial charge in [-0.3, -0.25) is 0 Å². The van der Waals surface area contributed by atoms with Crippen molar-refractivity contribution in [2.75, 3.05) is 7.11 Å². The van der Waals surface area contributed by atoms with Crippen LogP contribution in [0.15, 0.2) is 0 Å². The van der Waals surface area contributed by atoms with E-state index in [2.05, 4.69) is 27.6 Å². The highest BCUT2D eigenvalue weighted by Gasteiger charge is 2.27. The van der Waals surface area contributed by atoms with Crippen LogP contribution in [0.3, 0.4) is 0 Å². The number of carbonyl (C=O) groups is 1. The average Bonchev–Trinajstić information content (AvgIpc) is 3.01. The molecule has 2 aliphatic rings. The molecule has 140 valence electrons. The number of urea groups is 1. The number of methoxy groups -OCH3 is 1. The summed E-state index contributed by atoms with van der Waals surface area (Å²) in [5.74, 6) is 2.38. The second-order valence-electron chi connectivity index (χ2n) is 7.36. The third kappa shape index (κ3) is 4.71. The predicted octanol–water partition coefficient (Wildman–Crippen LogP) is 2.92. The van der Waals surface area contributed by atoms with E-state index in [1.165, 1.54) is 25.7 Å². The van der Waals surface area contributed by atoms with Crippen molar-refractivity contribution in [3.05, 3.63) is 11.6 Å². The molecular formula is C18H31N5O2.